The second-order valence-electron chi connectivity index (χ2n) is 8.60. The van der Waals surface area contributed by atoms with E-state index in [0.29, 0.717) is 30.3 Å². The van der Waals surface area contributed by atoms with Crippen molar-refractivity contribution in [3.05, 3.63) is 53.6 Å². The number of rotatable bonds is 3. The molecule has 0 radical (unpaired) electrons. The van der Waals surface area contributed by atoms with E-state index in [0.717, 1.165) is 29.0 Å². The van der Waals surface area contributed by atoms with E-state index in [9.17, 15) is 14.4 Å². The van der Waals surface area contributed by atoms with Crippen molar-refractivity contribution in [2.45, 2.75) is 38.3 Å². The highest BCUT2D eigenvalue weighted by Crippen LogP contribution is 2.37. The van der Waals surface area contributed by atoms with Crippen LogP contribution in [0.3, 0.4) is 0 Å². The van der Waals surface area contributed by atoms with E-state index in [-0.39, 0.29) is 18.5 Å². The zero-order valence-electron chi connectivity index (χ0n) is 18.1. The lowest BCUT2D eigenvalue weighted by Gasteiger charge is -2.26. The Labute approximate surface area is 186 Å². The van der Waals surface area contributed by atoms with Gasteiger partial charge in [0, 0.05) is 18.2 Å². The van der Waals surface area contributed by atoms with Crippen molar-refractivity contribution in [3.63, 3.8) is 0 Å². The molecule has 166 valence electrons. The summed E-state index contributed by atoms with van der Waals surface area (Å²) in [6.45, 7) is 4.37. The maximum absolute atomic E-state index is 13.4. The van der Waals surface area contributed by atoms with Crippen LogP contribution in [0.2, 0.25) is 0 Å². The molecule has 4 amide bonds. The Balaban J connectivity index is 1.38. The monoisotopic (exact) mass is 435 g/mol. The van der Waals surface area contributed by atoms with Crippen LogP contribution in [0.4, 0.5) is 10.5 Å². The molecule has 8 nitrogen and oxygen atoms in total. The fourth-order valence-corrected chi connectivity index (χ4v) is 4.67. The van der Waals surface area contributed by atoms with Gasteiger partial charge in [-0.3, -0.25) is 14.5 Å². The second-order valence-corrected chi connectivity index (χ2v) is 8.60. The molecule has 1 saturated heterocycles. The van der Waals surface area contributed by atoms with E-state index in [1.807, 2.05) is 31.2 Å². The molecular weight excluding hydrogens is 410 g/mol. The van der Waals surface area contributed by atoms with Crippen molar-refractivity contribution in [1.29, 1.82) is 0 Å². The standard InChI is InChI=1S/C24H25N3O5/c1-15-12-16-6-3-4-7-18(16)27(15)21(28)14-26-22(29)24(2,25-23(26)30)17-8-9-19-20(13-17)32-11-5-10-31-19/h3-4,6-9,13,15H,5,10-12,14H2,1-2H3,(H,25,30). The lowest BCUT2D eigenvalue weighted by molar-refractivity contribution is -0.134. The number of anilines is 1. The molecule has 2 unspecified atom stereocenters. The van der Waals surface area contributed by atoms with Gasteiger partial charge in [-0.15, -0.1) is 0 Å². The van der Waals surface area contributed by atoms with Crippen LogP contribution in [0, 0.1) is 0 Å². The molecule has 5 rings (SSSR count). The highest BCUT2D eigenvalue weighted by molar-refractivity contribution is 6.11. The zero-order chi connectivity index (χ0) is 22.5. The largest absolute Gasteiger partial charge is 0.490 e. The zero-order valence-corrected chi connectivity index (χ0v) is 18.1. The van der Waals surface area contributed by atoms with E-state index in [4.69, 9.17) is 9.47 Å². The minimum absolute atomic E-state index is 0.0335. The molecule has 3 aliphatic heterocycles. The van der Waals surface area contributed by atoms with Gasteiger partial charge in [-0.25, -0.2) is 4.79 Å². The highest BCUT2D eigenvalue weighted by Gasteiger charge is 2.50. The molecule has 2 atom stereocenters. The van der Waals surface area contributed by atoms with E-state index in [2.05, 4.69) is 5.32 Å². The first kappa shape index (κ1) is 20.4. The fraction of sp³-hybridized carbons (Fsp3) is 0.375. The third kappa shape index (κ3) is 3.18. The lowest BCUT2D eigenvalue weighted by atomic mass is 9.91. The van der Waals surface area contributed by atoms with Gasteiger partial charge < -0.3 is 19.7 Å². The minimum Gasteiger partial charge on any atom is -0.490 e. The number of urea groups is 1. The first-order valence-electron chi connectivity index (χ1n) is 10.8. The van der Waals surface area contributed by atoms with Gasteiger partial charge >= 0.3 is 6.03 Å². The molecule has 1 N–H and O–H groups in total. The van der Waals surface area contributed by atoms with Gasteiger partial charge in [0.05, 0.1) is 13.2 Å². The maximum Gasteiger partial charge on any atom is 0.325 e. The van der Waals surface area contributed by atoms with Crippen LogP contribution in [0.5, 0.6) is 11.5 Å². The molecule has 2 aromatic rings. The third-order valence-electron chi connectivity index (χ3n) is 6.37. The Hall–Kier alpha value is -3.55. The molecule has 0 spiro atoms. The number of para-hydroxylation sites is 1. The molecule has 3 aliphatic rings. The van der Waals surface area contributed by atoms with Gasteiger partial charge in [-0.1, -0.05) is 24.3 Å². The summed E-state index contributed by atoms with van der Waals surface area (Å²) in [4.78, 5) is 42.0. The first-order valence-corrected chi connectivity index (χ1v) is 10.8. The maximum atomic E-state index is 13.4. The predicted molar refractivity (Wildman–Crippen MR) is 117 cm³/mol. The van der Waals surface area contributed by atoms with Gasteiger partial charge in [-0.2, -0.15) is 0 Å². The number of imide groups is 1. The van der Waals surface area contributed by atoms with Crippen molar-refractivity contribution in [2.24, 2.45) is 0 Å². The van der Waals surface area contributed by atoms with E-state index in [1.165, 1.54) is 0 Å². The highest BCUT2D eigenvalue weighted by atomic mass is 16.5. The van der Waals surface area contributed by atoms with Gasteiger partial charge in [-0.05, 0) is 49.6 Å². The van der Waals surface area contributed by atoms with Crippen LogP contribution in [-0.4, -0.2) is 48.5 Å². The number of hydrogen-bond acceptors (Lipinski definition) is 5. The lowest BCUT2D eigenvalue weighted by Crippen LogP contribution is -2.46. The molecule has 2 aromatic carbocycles. The van der Waals surface area contributed by atoms with Crippen LogP contribution < -0.4 is 19.7 Å². The number of ether oxygens (including phenoxy) is 2. The fourth-order valence-electron chi connectivity index (χ4n) is 4.67. The average Bonchev–Trinajstić information content (AvgIpc) is 3.08. The summed E-state index contributed by atoms with van der Waals surface area (Å²) in [5.74, 6) is 0.403. The smallest absolute Gasteiger partial charge is 0.325 e. The van der Waals surface area contributed by atoms with Crippen LogP contribution in [0.1, 0.15) is 31.4 Å². The molecule has 32 heavy (non-hydrogen) atoms. The summed E-state index contributed by atoms with van der Waals surface area (Å²) < 4.78 is 11.4. The Morgan fingerprint density at radius 3 is 2.69 bits per heavy atom. The molecule has 0 aliphatic carbocycles. The van der Waals surface area contributed by atoms with Crippen molar-refractivity contribution in [3.8, 4) is 11.5 Å². The van der Waals surface area contributed by atoms with Gasteiger partial charge in [0.2, 0.25) is 5.91 Å². The number of hydrogen-bond donors (Lipinski definition) is 1. The Kier molecular flexibility index (Phi) is 4.80. The molecule has 1 fully saturated rings. The van der Waals surface area contributed by atoms with Crippen molar-refractivity contribution < 1.29 is 23.9 Å². The molecule has 8 heteroatoms. The number of carbonyl (C=O) groups is 3. The summed E-state index contributed by atoms with van der Waals surface area (Å²) in [5, 5.41) is 2.77. The average molecular weight is 435 g/mol. The first-order chi connectivity index (χ1) is 15.4. The summed E-state index contributed by atoms with van der Waals surface area (Å²) >= 11 is 0. The topological polar surface area (TPSA) is 88.2 Å². The van der Waals surface area contributed by atoms with Crippen LogP contribution in [0.15, 0.2) is 42.5 Å². The number of amides is 4. The van der Waals surface area contributed by atoms with Crippen LogP contribution in [0.25, 0.3) is 0 Å². The van der Waals surface area contributed by atoms with E-state index >= 15 is 0 Å². The number of nitrogens with one attached hydrogen (secondary N) is 1. The van der Waals surface area contributed by atoms with Crippen LogP contribution >= 0.6 is 0 Å². The Bertz CT molecular complexity index is 1120. The predicted octanol–water partition coefficient (Wildman–Crippen LogP) is 2.59. The molecule has 3 heterocycles. The summed E-state index contributed by atoms with van der Waals surface area (Å²) in [7, 11) is 0. The number of fused-ring (bicyclic) bond motifs is 2. The van der Waals surface area contributed by atoms with Crippen molar-refractivity contribution in [2.75, 3.05) is 24.7 Å². The quantitative estimate of drug-likeness (QED) is 0.749. The Morgan fingerprint density at radius 2 is 1.88 bits per heavy atom. The summed E-state index contributed by atoms with van der Waals surface area (Å²) in [6, 6.07) is 12.3. The van der Waals surface area contributed by atoms with E-state index in [1.54, 1.807) is 30.0 Å². The van der Waals surface area contributed by atoms with Crippen LogP contribution in [-0.2, 0) is 21.5 Å². The third-order valence-corrected chi connectivity index (χ3v) is 6.37. The van der Waals surface area contributed by atoms with Crippen molar-refractivity contribution in [1.82, 2.24) is 10.2 Å². The molecule has 0 aromatic heterocycles. The normalized spacial score (nSPS) is 24.2. The van der Waals surface area contributed by atoms with Gasteiger partial charge in [0.25, 0.3) is 5.91 Å². The van der Waals surface area contributed by atoms with Crippen molar-refractivity contribution >= 4 is 23.5 Å². The number of carbonyl (C=O) groups excluding carboxylic acids is 3. The second kappa shape index (κ2) is 7.55. The minimum atomic E-state index is -1.30. The molecular formula is C24H25N3O5. The SMILES string of the molecule is CC1Cc2ccccc2N1C(=O)CN1C(=O)NC(C)(c2ccc3c(c2)OCCCO3)C1=O. The number of nitrogens with zero attached hydrogens (tertiary/aromatic N) is 2. The summed E-state index contributed by atoms with van der Waals surface area (Å²) in [6.07, 6.45) is 1.52. The molecule has 0 bridgehead atoms. The number of benzene rings is 2. The van der Waals surface area contributed by atoms with Gasteiger partial charge in [0.1, 0.15) is 12.1 Å². The Morgan fingerprint density at radius 1 is 1.12 bits per heavy atom. The van der Waals surface area contributed by atoms with E-state index < -0.39 is 17.5 Å². The van der Waals surface area contributed by atoms with Gasteiger partial charge in [0.15, 0.2) is 11.5 Å². The summed E-state index contributed by atoms with van der Waals surface area (Å²) in [5.41, 5.74) is 1.21. The molecule has 0 saturated carbocycles.